The van der Waals surface area contributed by atoms with Gasteiger partial charge in [-0.05, 0) is 40.6 Å². The fourth-order valence-corrected chi connectivity index (χ4v) is 3.92. The highest BCUT2D eigenvalue weighted by Gasteiger charge is 2.13. The molecule has 7 heteroatoms. The first-order valence-electron chi connectivity index (χ1n) is 8.85. The molecule has 2 N–H and O–H groups in total. The number of amides is 1. The average Bonchev–Trinajstić information content (AvgIpc) is 2.69. The SMILES string of the molecule is COCCNS(=O)(=O)c1ccc(NC(=O)Cc2cccc3ccccc23)cc1. The predicted molar refractivity (Wildman–Crippen MR) is 110 cm³/mol. The highest BCUT2D eigenvalue weighted by atomic mass is 32.2. The third kappa shape index (κ3) is 4.95. The van der Waals surface area contributed by atoms with Gasteiger partial charge in [-0.3, -0.25) is 4.79 Å². The van der Waals surface area contributed by atoms with Gasteiger partial charge in [0, 0.05) is 19.3 Å². The molecular formula is C21H22N2O4S. The standard InChI is InChI=1S/C21H22N2O4S/c1-27-14-13-22-28(25,26)19-11-9-18(10-12-19)23-21(24)15-17-7-4-6-16-5-2-3-8-20(16)17/h2-12,22H,13-15H2,1H3,(H,23,24). The summed E-state index contributed by atoms with van der Waals surface area (Å²) in [6.45, 7) is 0.490. The highest BCUT2D eigenvalue weighted by Crippen LogP contribution is 2.20. The summed E-state index contributed by atoms with van der Waals surface area (Å²) in [6, 6.07) is 19.9. The summed E-state index contributed by atoms with van der Waals surface area (Å²) in [4.78, 5) is 12.6. The molecule has 0 aromatic heterocycles. The Morgan fingerprint density at radius 1 is 0.964 bits per heavy atom. The second-order valence-electron chi connectivity index (χ2n) is 6.28. The second kappa shape index (κ2) is 8.97. The summed E-state index contributed by atoms with van der Waals surface area (Å²) < 4.78 is 31.6. The first kappa shape index (κ1) is 20.0. The summed E-state index contributed by atoms with van der Waals surface area (Å²) in [5.41, 5.74) is 1.48. The third-order valence-electron chi connectivity index (χ3n) is 4.28. The predicted octanol–water partition coefficient (Wildman–Crippen LogP) is 2.95. The van der Waals surface area contributed by atoms with E-state index in [2.05, 4.69) is 10.0 Å². The van der Waals surface area contributed by atoms with Gasteiger partial charge in [0.2, 0.25) is 15.9 Å². The number of nitrogens with one attached hydrogen (secondary N) is 2. The number of ether oxygens (including phenoxy) is 1. The van der Waals surface area contributed by atoms with Crippen LogP contribution in [0.5, 0.6) is 0 Å². The minimum absolute atomic E-state index is 0.135. The largest absolute Gasteiger partial charge is 0.383 e. The van der Waals surface area contributed by atoms with Crippen molar-refractivity contribution in [2.45, 2.75) is 11.3 Å². The van der Waals surface area contributed by atoms with Crippen molar-refractivity contribution in [3.8, 4) is 0 Å². The minimum atomic E-state index is -3.59. The molecule has 0 radical (unpaired) electrons. The Hall–Kier alpha value is -2.74. The van der Waals surface area contributed by atoms with Crippen LogP contribution >= 0.6 is 0 Å². The van der Waals surface area contributed by atoms with Crippen molar-refractivity contribution in [3.63, 3.8) is 0 Å². The lowest BCUT2D eigenvalue weighted by molar-refractivity contribution is -0.115. The van der Waals surface area contributed by atoms with Gasteiger partial charge in [-0.2, -0.15) is 0 Å². The topological polar surface area (TPSA) is 84.5 Å². The normalized spacial score (nSPS) is 11.5. The quantitative estimate of drug-likeness (QED) is 0.572. The molecule has 0 saturated heterocycles. The van der Waals surface area contributed by atoms with Crippen molar-refractivity contribution < 1.29 is 17.9 Å². The van der Waals surface area contributed by atoms with Crippen LogP contribution in [0.2, 0.25) is 0 Å². The Labute approximate surface area is 164 Å². The maximum Gasteiger partial charge on any atom is 0.240 e. The van der Waals surface area contributed by atoms with E-state index in [1.165, 1.54) is 19.2 Å². The van der Waals surface area contributed by atoms with Crippen LogP contribution in [0.4, 0.5) is 5.69 Å². The molecule has 6 nitrogen and oxygen atoms in total. The van der Waals surface area contributed by atoms with Crippen LogP contribution in [-0.4, -0.2) is 34.6 Å². The van der Waals surface area contributed by atoms with Gasteiger partial charge in [-0.25, -0.2) is 13.1 Å². The molecule has 0 fully saturated rings. The van der Waals surface area contributed by atoms with E-state index in [0.717, 1.165) is 16.3 Å². The lowest BCUT2D eigenvalue weighted by atomic mass is 10.0. The molecule has 0 heterocycles. The zero-order valence-corrected chi connectivity index (χ0v) is 16.3. The van der Waals surface area contributed by atoms with Crippen molar-refractivity contribution >= 4 is 32.4 Å². The molecule has 1 amide bonds. The summed E-state index contributed by atoms with van der Waals surface area (Å²) in [5.74, 6) is -0.162. The van der Waals surface area contributed by atoms with E-state index in [-0.39, 0.29) is 23.8 Å². The molecule has 0 atom stereocenters. The Morgan fingerprint density at radius 3 is 2.43 bits per heavy atom. The smallest absolute Gasteiger partial charge is 0.240 e. The number of hydrogen-bond donors (Lipinski definition) is 2. The van der Waals surface area contributed by atoms with Gasteiger partial charge in [0.05, 0.1) is 17.9 Å². The number of methoxy groups -OCH3 is 1. The molecule has 0 unspecified atom stereocenters. The average molecular weight is 398 g/mol. The zero-order valence-electron chi connectivity index (χ0n) is 15.5. The monoisotopic (exact) mass is 398 g/mol. The van der Waals surface area contributed by atoms with Crippen LogP contribution in [-0.2, 0) is 26.0 Å². The molecule has 3 aromatic rings. The van der Waals surface area contributed by atoms with Crippen molar-refractivity contribution in [1.82, 2.24) is 4.72 Å². The van der Waals surface area contributed by atoms with Crippen molar-refractivity contribution in [2.24, 2.45) is 0 Å². The molecule has 0 aliphatic heterocycles. The maximum atomic E-state index is 12.4. The molecule has 3 rings (SSSR count). The first-order valence-corrected chi connectivity index (χ1v) is 10.3. The number of fused-ring (bicyclic) bond motifs is 1. The fraction of sp³-hybridized carbons (Fsp3) is 0.190. The molecule has 28 heavy (non-hydrogen) atoms. The summed E-state index contributed by atoms with van der Waals surface area (Å²) in [5, 5.41) is 4.94. The van der Waals surface area contributed by atoms with Crippen LogP contribution in [0.25, 0.3) is 10.8 Å². The van der Waals surface area contributed by atoms with Crippen molar-refractivity contribution in [1.29, 1.82) is 0 Å². The number of carbonyl (C=O) groups excluding carboxylic acids is 1. The van der Waals surface area contributed by atoms with Crippen LogP contribution in [0.15, 0.2) is 71.6 Å². The number of hydrogen-bond acceptors (Lipinski definition) is 4. The van der Waals surface area contributed by atoms with E-state index >= 15 is 0 Å². The molecule has 0 saturated carbocycles. The van der Waals surface area contributed by atoms with Gasteiger partial charge in [0.15, 0.2) is 0 Å². The highest BCUT2D eigenvalue weighted by molar-refractivity contribution is 7.89. The van der Waals surface area contributed by atoms with E-state index in [1.54, 1.807) is 12.1 Å². The van der Waals surface area contributed by atoms with Crippen LogP contribution in [0, 0.1) is 0 Å². The summed E-state index contributed by atoms with van der Waals surface area (Å²) in [6.07, 6.45) is 0.236. The van der Waals surface area contributed by atoms with Gasteiger partial charge in [0.1, 0.15) is 0 Å². The number of anilines is 1. The van der Waals surface area contributed by atoms with E-state index in [4.69, 9.17) is 4.74 Å². The molecule has 0 bridgehead atoms. The Morgan fingerprint density at radius 2 is 1.68 bits per heavy atom. The van der Waals surface area contributed by atoms with Crippen LogP contribution in [0.1, 0.15) is 5.56 Å². The number of sulfonamides is 1. The van der Waals surface area contributed by atoms with E-state index < -0.39 is 10.0 Å². The molecule has 0 aliphatic carbocycles. The number of carbonyl (C=O) groups is 1. The zero-order chi connectivity index (χ0) is 20.0. The second-order valence-corrected chi connectivity index (χ2v) is 8.05. The Kier molecular flexibility index (Phi) is 6.41. The van der Waals surface area contributed by atoms with Crippen molar-refractivity contribution in [3.05, 3.63) is 72.3 Å². The lowest BCUT2D eigenvalue weighted by Crippen LogP contribution is -2.27. The molecule has 0 spiro atoms. The molecule has 146 valence electrons. The van der Waals surface area contributed by atoms with E-state index in [9.17, 15) is 13.2 Å². The lowest BCUT2D eigenvalue weighted by Gasteiger charge is -2.09. The Balaban J connectivity index is 1.66. The van der Waals surface area contributed by atoms with Gasteiger partial charge >= 0.3 is 0 Å². The third-order valence-corrected chi connectivity index (χ3v) is 5.75. The molecule has 3 aromatic carbocycles. The molecular weight excluding hydrogens is 376 g/mol. The maximum absolute atomic E-state index is 12.4. The number of rotatable bonds is 8. The molecule has 0 aliphatic rings. The van der Waals surface area contributed by atoms with Gasteiger partial charge in [0.25, 0.3) is 0 Å². The van der Waals surface area contributed by atoms with E-state index in [1.807, 2.05) is 42.5 Å². The first-order chi connectivity index (χ1) is 13.5. The van der Waals surface area contributed by atoms with E-state index in [0.29, 0.717) is 12.3 Å². The summed E-state index contributed by atoms with van der Waals surface area (Å²) >= 11 is 0. The fourth-order valence-electron chi connectivity index (χ4n) is 2.90. The van der Waals surface area contributed by atoms with Crippen LogP contribution < -0.4 is 10.0 Å². The number of benzene rings is 3. The van der Waals surface area contributed by atoms with Gasteiger partial charge < -0.3 is 10.1 Å². The summed E-state index contributed by atoms with van der Waals surface area (Å²) in [7, 11) is -2.09. The minimum Gasteiger partial charge on any atom is -0.383 e. The van der Waals surface area contributed by atoms with Crippen molar-refractivity contribution in [2.75, 3.05) is 25.6 Å². The van der Waals surface area contributed by atoms with Gasteiger partial charge in [-0.1, -0.05) is 42.5 Å². The van der Waals surface area contributed by atoms with Crippen LogP contribution in [0.3, 0.4) is 0 Å². The Bertz CT molecular complexity index is 1060. The van der Waals surface area contributed by atoms with Gasteiger partial charge in [-0.15, -0.1) is 0 Å².